The summed E-state index contributed by atoms with van der Waals surface area (Å²) in [6.07, 6.45) is 3.89. The molecular weight excluding hydrogens is 288 g/mol. The molecule has 0 saturated heterocycles. The van der Waals surface area contributed by atoms with Crippen molar-refractivity contribution in [3.05, 3.63) is 28.3 Å². The first kappa shape index (κ1) is 11.7. The lowest BCUT2D eigenvalue weighted by atomic mass is 10.4. The Morgan fingerprint density at radius 2 is 2.19 bits per heavy atom. The zero-order chi connectivity index (χ0) is 11.7. The van der Waals surface area contributed by atoms with Crippen LogP contribution in [-0.2, 0) is 19.8 Å². The van der Waals surface area contributed by atoms with Crippen molar-refractivity contribution in [3.8, 4) is 0 Å². The van der Waals surface area contributed by atoms with E-state index in [1.165, 1.54) is 10.6 Å². The number of halogens is 1. The van der Waals surface area contributed by atoms with Crippen LogP contribution in [0.2, 0.25) is 0 Å². The van der Waals surface area contributed by atoms with E-state index in [2.05, 4.69) is 26.1 Å². The summed E-state index contributed by atoms with van der Waals surface area (Å²) in [5.74, 6) is 0.892. The van der Waals surface area contributed by atoms with Gasteiger partial charge in [0, 0.05) is 30.9 Å². The molecule has 16 heavy (non-hydrogen) atoms. The molecule has 4 nitrogen and oxygen atoms in total. The molecule has 0 aliphatic carbocycles. The zero-order valence-corrected chi connectivity index (χ0v) is 11.8. The Hall–Kier alpha value is -0.750. The lowest BCUT2D eigenvalue weighted by Crippen LogP contribution is -1.96. The van der Waals surface area contributed by atoms with Crippen LogP contribution in [0.25, 0.3) is 0 Å². The highest BCUT2D eigenvalue weighted by Gasteiger charge is 2.10. The molecule has 0 aliphatic rings. The summed E-state index contributed by atoms with van der Waals surface area (Å²) in [6, 6.07) is 0. The molecule has 0 amide bonds. The molecule has 0 N–H and O–H groups in total. The van der Waals surface area contributed by atoms with Crippen LogP contribution >= 0.6 is 27.7 Å². The third-order valence-electron chi connectivity index (χ3n) is 2.32. The highest BCUT2D eigenvalue weighted by molar-refractivity contribution is 9.10. The third kappa shape index (κ3) is 2.32. The van der Waals surface area contributed by atoms with Gasteiger partial charge < -0.3 is 0 Å². The van der Waals surface area contributed by atoms with E-state index in [0.717, 1.165) is 15.9 Å². The lowest BCUT2D eigenvalue weighted by molar-refractivity contribution is 0.727. The predicted octanol–water partition coefficient (Wildman–Crippen LogP) is 2.52. The average molecular weight is 301 g/mol. The van der Waals surface area contributed by atoms with Gasteiger partial charge in [0.15, 0.2) is 0 Å². The molecule has 6 heteroatoms. The van der Waals surface area contributed by atoms with Crippen LogP contribution in [-0.4, -0.2) is 19.6 Å². The van der Waals surface area contributed by atoms with Crippen LogP contribution in [0.15, 0.2) is 21.8 Å². The molecule has 2 rings (SSSR count). The van der Waals surface area contributed by atoms with Crippen LogP contribution in [0.1, 0.15) is 11.4 Å². The monoisotopic (exact) mass is 300 g/mol. The number of nitrogens with zero attached hydrogens (tertiary/aromatic N) is 4. The number of aromatic nitrogens is 4. The Morgan fingerprint density at radius 3 is 2.69 bits per heavy atom. The van der Waals surface area contributed by atoms with Gasteiger partial charge in [0.2, 0.25) is 0 Å². The van der Waals surface area contributed by atoms with E-state index in [-0.39, 0.29) is 0 Å². The first-order valence-corrected chi connectivity index (χ1v) is 6.65. The molecule has 0 atom stereocenters. The molecule has 2 aromatic rings. The van der Waals surface area contributed by atoms with Crippen LogP contribution in [0.4, 0.5) is 0 Å². The molecule has 0 spiro atoms. The maximum absolute atomic E-state index is 4.36. The smallest absolute Gasteiger partial charge is 0.0738 e. The first-order valence-electron chi connectivity index (χ1n) is 4.87. The number of rotatable bonds is 3. The molecule has 0 radical (unpaired) electrons. The van der Waals surface area contributed by atoms with E-state index in [1.54, 1.807) is 11.8 Å². The minimum absolute atomic E-state index is 0.892. The second-order valence-corrected chi connectivity index (χ2v) is 5.45. The minimum atomic E-state index is 0.892. The van der Waals surface area contributed by atoms with Gasteiger partial charge in [-0.3, -0.25) is 9.36 Å². The van der Waals surface area contributed by atoms with Gasteiger partial charge in [-0.1, -0.05) is 0 Å². The van der Waals surface area contributed by atoms with E-state index in [4.69, 9.17) is 0 Å². The Bertz CT molecular complexity index is 503. The number of hydrogen-bond acceptors (Lipinski definition) is 3. The largest absolute Gasteiger partial charge is 0.275 e. The second-order valence-electron chi connectivity index (χ2n) is 3.61. The summed E-state index contributed by atoms with van der Waals surface area (Å²) in [6.45, 7) is 2.00. The van der Waals surface area contributed by atoms with Crippen molar-refractivity contribution in [2.75, 3.05) is 0 Å². The summed E-state index contributed by atoms with van der Waals surface area (Å²) >= 11 is 5.32. The maximum atomic E-state index is 4.36. The molecule has 0 bridgehead atoms. The molecule has 0 aliphatic heterocycles. The van der Waals surface area contributed by atoms with Crippen molar-refractivity contribution >= 4 is 27.7 Å². The van der Waals surface area contributed by atoms with E-state index in [9.17, 15) is 0 Å². The van der Waals surface area contributed by atoms with Crippen molar-refractivity contribution < 1.29 is 0 Å². The summed E-state index contributed by atoms with van der Waals surface area (Å²) in [5.41, 5.74) is 2.23. The fraction of sp³-hybridized carbons (Fsp3) is 0.400. The fourth-order valence-electron chi connectivity index (χ4n) is 1.46. The minimum Gasteiger partial charge on any atom is -0.275 e. The van der Waals surface area contributed by atoms with Gasteiger partial charge in [-0.2, -0.15) is 10.2 Å². The van der Waals surface area contributed by atoms with Gasteiger partial charge in [-0.05, 0) is 22.9 Å². The van der Waals surface area contributed by atoms with Gasteiger partial charge in [0.25, 0.3) is 0 Å². The second kappa shape index (κ2) is 4.63. The van der Waals surface area contributed by atoms with E-state index >= 15 is 0 Å². The van der Waals surface area contributed by atoms with Crippen LogP contribution < -0.4 is 0 Å². The molecule has 0 saturated carbocycles. The van der Waals surface area contributed by atoms with Gasteiger partial charge in [0.05, 0.1) is 22.1 Å². The summed E-state index contributed by atoms with van der Waals surface area (Å²) < 4.78 is 4.83. The maximum Gasteiger partial charge on any atom is 0.0738 e. The molecule has 2 aromatic heterocycles. The Balaban J connectivity index is 2.10. The Kier molecular flexibility index (Phi) is 3.39. The molecule has 86 valence electrons. The summed E-state index contributed by atoms with van der Waals surface area (Å²) in [7, 11) is 3.89. The highest BCUT2D eigenvalue weighted by Crippen LogP contribution is 2.27. The molecular formula is C10H13BrN4S. The third-order valence-corrected chi connectivity index (χ3v) is 4.31. The predicted molar refractivity (Wildman–Crippen MR) is 68.4 cm³/mol. The normalized spacial score (nSPS) is 11.0. The van der Waals surface area contributed by atoms with E-state index in [0.29, 0.717) is 0 Å². The topological polar surface area (TPSA) is 35.6 Å². The quantitative estimate of drug-likeness (QED) is 0.817. The summed E-state index contributed by atoms with van der Waals surface area (Å²) in [4.78, 5) is 1.17. The highest BCUT2D eigenvalue weighted by atomic mass is 79.9. The van der Waals surface area contributed by atoms with Crippen molar-refractivity contribution in [3.63, 3.8) is 0 Å². The van der Waals surface area contributed by atoms with Gasteiger partial charge in [0.1, 0.15) is 0 Å². The molecule has 0 aromatic carbocycles. The van der Waals surface area contributed by atoms with Crippen LogP contribution in [0, 0.1) is 6.92 Å². The van der Waals surface area contributed by atoms with E-state index < -0.39 is 0 Å². The Labute approximate surface area is 107 Å². The fourth-order valence-corrected chi connectivity index (χ4v) is 3.11. The number of hydrogen-bond donors (Lipinski definition) is 0. The van der Waals surface area contributed by atoms with E-state index in [1.807, 2.05) is 42.8 Å². The molecule has 0 unspecified atom stereocenters. The molecule has 2 heterocycles. The summed E-state index contributed by atoms with van der Waals surface area (Å²) in [5, 5.41) is 8.50. The van der Waals surface area contributed by atoms with Gasteiger partial charge in [-0.25, -0.2) is 0 Å². The van der Waals surface area contributed by atoms with Crippen molar-refractivity contribution in [1.29, 1.82) is 0 Å². The zero-order valence-electron chi connectivity index (χ0n) is 9.44. The van der Waals surface area contributed by atoms with Crippen molar-refractivity contribution in [1.82, 2.24) is 19.6 Å². The van der Waals surface area contributed by atoms with Crippen molar-refractivity contribution in [2.45, 2.75) is 17.6 Å². The number of aryl methyl sites for hydroxylation is 3. The lowest BCUT2D eigenvalue weighted by Gasteiger charge is -2.00. The van der Waals surface area contributed by atoms with Crippen LogP contribution in [0.3, 0.4) is 0 Å². The standard InChI is InChI=1S/C10H13BrN4S/c1-7-10(11)9(15(3)13-7)6-16-8-4-12-14(2)5-8/h4-5H,6H2,1-3H3. The van der Waals surface area contributed by atoms with Gasteiger partial charge in [-0.15, -0.1) is 11.8 Å². The average Bonchev–Trinajstić information content (AvgIpc) is 2.72. The van der Waals surface area contributed by atoms with Gasteiger partial charge >= 0.3 is 0 Å². The van der Waals surface area contributed by atoms with Crippen LogP contribution in [0.5, 0.6) is 0 Å². The van der Waals surface area contributed by atoms with Crippen molar-refractivity contribution in [2.24, 2.45) is 14.1 Å². The SMILES string of the molecule is Cc1nn(C)c(CSc2cnn(C)c2)c1Br. The first-order chi connectivity index (χ1) is 7.58. The Morgan fingerprint density at radius 1 is 1.44 bits per heavy atom. The molecule has 0 fully saturated rings. The number of thioether (sulfide) groups is 1.